The Balaban J connectivity index is 1.67. The second kappa shape index (κ2) is 7.49. The summed E-state index contributed by atoms with van der Waals surface area (Å²) >= 11 is 3.40. The van der Waals surface area contributed by atoms with Crippen molar-refractivity contribution in [3.8, 4) is 11.5 Å². The number of para-hydroxylation sites is 2. The third-order valence-corrected chi connectivity index (χ3v) is 4.14. The molecule has 1 N–H and O–H groups in total. The third-order valence-electron chi connectivity index (χ3n) is 3.61. The van der Waals surface area contributed by atoms with Crippen molar-refractivity contribution in [2.24, 2.45) is 5.10 Å². The molecule has 0 bridgehead atoms. The van der Waals surface area contributed by atoms with Gasteiger partial charge in [-0.1, -0.05) is 47.1 Å². The molecule has 124 valence electrons. The Morgan fingerprint density at radius 1 is 1.21 bits per heavy atom. The zero-order chi connectivity index (χ0) is 16.9. The minimum atomic E-state index is -0.716. The number of hydrazone groups is 1. The van der Waals surface area contributed by atoms with E-state index in [0.717, 1.165) is 15.7 Å². The molecule has 0 radical (unpaired) electrons. The average Bonchev–Trinajstić information content (AvgIpc) is 2.63. The van der Waals surface area contributed by atoms with E-state index < -0.39 is 6.10 Å². The highest BCUT2D eigenvalue weighted by molar-refractivity contribution is 9.10. The van der Waals surface area contributed by atoms with Crippen LogP contribution in [0, 0.1) is 0 Å². The first-order valence-corrected chi connectivity index (χ1v) is 8.47. The molecule has 0 aromatic heterocycles. The van der Waals surface area contributed by atoms with E-state index >= 15 is 0 Å². The van der Waals surface area contributed by atoms with Crippen molar-refractivity contribution in [2.45, 2.75) is 19.4 Å². The van der Waals surface area contributed by atoms with Gasteiger partial charge in [-0.2, -0.15) is 5.10 Å². The molecule has 5 nitrogen and oxygen atoms in total. The summed E-state index contributed by atoms with van der Waals surface area (Å²) in [6, 6.07) is 15.1. The van der Waals surface area contributed by atoms with Crippen LogP contribution in [0.4, 0.5) is 0 Å². The molecule has 0 saturated carbocycles. The van der Waals surface area contributed by atoms with Gasteiger partial charge in [0.1, 0.15) is 6.61 Å². The Bertz CT molecular complexity index is 759. The molecule has 3 rings (SSSR count). The topological polar surface area (TPSA) is 59.9 Å². The SMILES string of the molecule is CC/C(=N/NC(=O)[C@@H]1COc2ccccc2O1)c1ccc(Br)cc1. The predicted octanol–water partition coefficient (Wildman–Crippen LogP) is 3.52. The van der Waals surface area contributed by atoms with Crippen molar-refractivity contribution in [3.05, 3.63) is 58.6 Å². The van der Waals surface area contributed by atoms with Gasteiger partial charge in [0, 0.05) is 4.47 Å². The van der Waals surface area contributed by atoms with Gasteiger partial charge in [0.25, 0.3) is 5.91 Å². The maximum Gasteiger partial charge on any atom is 0.284 e. The number of fused-ring (bicyclic) bond motifs is 1. The van der Waals surface area contributed by atoms with E-state index in [-0.39, 0.29) is 12.5 Å². The molecule has 1 aliphatic rings. The van der Waals surface area contributed by atoms with Gasteiger partial charge in [-0.15, -0.1) is 0 Å². The maximum atomic E-state index is 12.3. The smallest absolute Gasteiger partial charge is 0.284 e. The fourth-order valence-corrected chi connectivity index (χ4v) is 2.60. The van der Waals surface area contributed by atoms with Gasteiger partial charge in [0.2, 0.25) is 6.10 Å². The van der Waals surface area contributed by atoms with Crippen LogP contribution in [0.5, 0.6) is 11.5 Å². The van der Waals surface area contributed by atoms with Crippen LogP contribution in [0.2, 0.25) is 0 Å². The standard InChI is InChI=1S/C18H17BrN2O3/c1-2-14(12-7-9-13(19)10-8-12)20-21-18(22)17-11-23-15-5-3-4-6-16(15)24-17/h3-10,17H,2,11H2,1H3,(H,21,22)/b20-14-/t17-/m0/s1. The molecule has 1 heterocycles. The van der Waals surface area contributed by atoms with Crippen LogP contribution < -0.4 is 14.9 Å². The lowest BCUT2D eigenvalue weighted by Gasteiger charge is -2.24. The monoisotopic (exact) mass is 388 g/mol. The number of rotatable bonds is 4. The highest BCUT2D eigenvalue weighted by atomic mass is 79.9. The lowest BCUT2D eigenvalue weighted by Crippen LogP contribution is -2.42. The second-order valence-corrected chi connectivity index (χ2v) is 6.17. The summed E-state index contributed by atoms with van der Waals surface area (Å²) in [5, 5.41) is 4.24. The Morgan fingerprint density at radius 2 is 1.92 bits per heavy atom. The molecule has 1 atom stereocenters. The second-order valence-electron chi connectivity index (χ2n) is 5.26. The van der Waals surface area contributed by atoms with E-state index in [2.05, 4.69) is 26.5 Å². The lowest BCUT2D eigenvalue weighted by atomic mass is 10.1. The molecule has 0 aliphatic carbocycles. The fraction of sp³-hybridized carbons (Fsp3) is 0.222. The number of nitrogens with one attached hydrogen (secondary N) is 1. The molecule has 24 heavy (non-hydrogen) atoms. The summed E-state index contributed by atoms with van der Waals surface area (Å²) in [6.45, 7) is 2.15. The van der Waals surface area contributed by atoms with E-state index in [4.69, 9.17) is 9.47 Å². The number of ether oxygens (including phenoxy) is 2. The van der Waals surface area contributed by atoms with Gasteiger partial charge in [-0.3, -0.25) is 4.79 Å². The van der Waals surface area contributed by atoms with E-state index in [1.165, 1.54) is 0 Å². The summed E-state index contributed by atoms with van der Waals surface area (Å²) in [7, 11) is 0. The lowest BCUT2D eigenvalue weighted by molar-refractivity contribution is -0.130. The first kappa shape index (κ1) is 16.5. The summed E-state index contributed by atoms with van der Waals surface area (Å²) in [5.41, 5.74) is 4.34. The van der Waals surface area contributed by atoms with Crippen LogP contribution in [0.1, 0.15) is 18.9 Å². The van der Waals surface area contributed by atoms with Gasteiger partial charge < -0.3 is 9.47 Å². The van der Waals surface area contributed by atoms with Gasteiger partial charge in [-0.05, 0) is 36.2 Å². The number of hydrogen-bond donors (Lipinski definition) is 1. The molecule has 1 aliphatic heterocycles. The van der Waals surface area contributed by atoms with Crippen molar-refractivity contribution < 1.29 is 14.3 Å². The molecule has 0 fully saturated rings. The van der Waals surface area contributed by atoms with Gasteiger partial charge in [0.15, 0.2) is 11.5 Å². The normalized spacial score (nSPS) is 16.6. The Kier molecular flexibility index (Phi) is 5.15. The van der Waals surface area contributed by atoms with Crippen molar-refractivity contribution >= 4 is 27.5 Å². The van der Waals surface area contributed by atoms with Gasteiger partial charge >= 0.3 is 0 Å². The van der Waals surface area contributed by atoms with Gasteiger partial charge in [-0.25, -0.2) is 5.43 Å². The van der Waals surface area contributed by atoms with Crippen molar-refractivity contribution in [1.29, 1.82) is 0 Å². The van der Waals surface area contributed by atoms with Gasteiger partial charge in [0.05, 0.1) is 5.71 Å². The molecule has 0 spiro atoms. The largest absolute Gasteiger partial charge is 0.485 e. The van der Waals surface area contributed by atoms with Crippen LogP contribution in [0.25, 0.3) is 0 Å². The third kappa shape index (κ3) is 3.76. The van der Waals surface area contributed by atoms with E-state index in [0.29, 0.717) is 17.9 Å². The Labute approximate surface area is 148 Å². The number of carbonyl (C=O) groups is 1. The number of carbonyl (C=O) groups excluding carboxylic acids is 1. The zero-order valence-corrected chi connectivity index (χ0v) is 14.7. The first-order valence-electron chi connectivity index (χ1n) is 7.68. The van der Waals surface area contributed by atoms with Crippen LogP contribution in [0.3, 0.4) is 0 Å². The zero-order valence-electron chi connectivity index (χ0n) is 13.2. The highest BCUT2D eigenvalue weighted by Crippen LogP contribution is 2.30. The molecule has 0 unspecified atom stereocenters. The minimum absolute atomic E-state index is 0.165. The number of hydrogen-bond acceptors (Lipinski definition) is 4. The predicted molar refractivity (Wildman–Crippen MR) is 95.5 cm³/mol. The van der Waals surface area contributed by atoms with Crippen molar-refractivity contribution in [2.75, 3.05) is 6.61 Å². The molecular formula is C18H17BrN2O3. The quantitative estimate of drug-likeness (QED) is 0.643. The molecular weight excluding hydrogens is 372 g/mol. The highest BCUT2D eigenvalue weighted by Gasteiger charge is 2.27. The molecule has 2 aromatic carbocycles. The summed E-state index contributed by atoms with van der Waals surface area (Å²) < 4.78 is 12.2. The minimum Gasteiger partial charge on any atom is -0.485 e. The average molecular weight is 389 g/mol. The summed E-state index contributed by atoms with van der Waals surface area (Å²) in [5.74, 6) is 0.887. The Morgan fingerprint density at radius 3 is 2.62 bits per heavy atom. The van der Waals surface area contributed by atoms with E-state index in [1.807, 2.05) is 49.4 Å². The molecule has 6 heteroatoms. The first-order chi connectivity index (χ1) is 11.7. The number of amides is 1. The van der Waals surface area contributed by atoms with E-state index in [9.17, 15) is 4.79 Å². The van der Waals surface area contributed by atoms with E-state index in [1.54, 1.807) is 6.07 Å². The van der Waals surface area contributed by atoms with Crippen LogP contribution in [-0.2, 0) is 4.79 Å². The molecule has 1 amide bonds. The van der Waals surface area contributed by atoms with Crippen molar-refractivity contribution in [1.82, 2.24) is 5.43 Å². The summed E-state index contributed by atoms with van der Waals surface area (Å²) in [6.07, 6.45) is -0.0149. The number of halogens is 1. The number of benzene rings is 2. The van der Waals surface area contributed by atoms with Crippen molar-refractivity contribution in [3.63, 3.8) is 0 Å². The van der Waals surface area contributed by atoms with Crippen LogP contribution >= 0.6 is 15.9 Å². The number of nitrogens with zero attached hydrogens (tertiary/aromatic N) is 1. The summed E-state index contributed by atoms with van der Waals surface area (Å²) in [4.78, 5) is 12.3. The fourth-order valence-electron chi connectivity index (χ4n) is 2.33. The molecule has 0 saturated heterocycles. The maximum absolute atomic E-state index is 12.3. The molecule has 2 aromatic rings. The van der Waals surface area contributed by atoms with Crippen LogP contribution in [-0.4, -0.2) is 24.3 Å². The Hall–Kier alpha value is -2.34. The van der Waals surface area contributed by atoms with Crippen LogP contribution in [0.15, 0.2) is 58.1 Å².